The lowest BCUT2D eigenvalue weighted by molar-refractivity contribution is -0.136. The molecule has 0 saturated heterocycles. The number of hydrogen-bond acceptors (Lipinski definition) is 2. The molecule has 0 aliphatic heterocycles. The Labute approximate surface area is 94.5 Å². The third kappa shape index (κ3) is 2.36. The predicted molar refractivity (Wildman–Crippen MR) is 59.8 cm³/mol. The maximum Gasteiger partial charge on any atom is 0.303 e. The minimum atomic E-state index is -0.777. The van der Waals surface area contributed by atoms with Gasteiger partial charge in [-0.1, -0.05) is 6.07 Å². The predicted octanol–water partition coefficient (Wildman–Crippen LogP) is 2.34. The number of H-pyrrole nitrogens is 1. The molecule has 2 N–H and O–H groups in total. The number of imidazole rings is 1. The number of aliphatic carboxylic acids is 1. The number of aryl methyl sites for hydroxylation is 1. The molecule has 2 aromatic rings. The average molecular weight is 269 g/mol. The fourth-order valence-electron chi connectivity index (χ4n) is 1.43. The molecule has 1 aromatic heterocycles. The molecule has 0 bridgehead atoms. The van der Waals surface area contributed by atoms with E-state index in [2.05, 4.69) is 25.9 Å². The molecular weight excluding hydrogens is 260 g/mol. The zero-order valence-corrected chi connectivity index (χ0v) is 9.41. The number of fused-ring (bicyclic) bond motifs is 1. The molecule has 1 heterocycles. The Morgan fingerprint density at radius 2 is 2.33 bits per heavy atom. The Balaban J connectivity index is 2.26. The summed E-state index contributed by atoms with van der Waals surface area (Å²) in [6.07, 6.45) is 0.697. The summed E-state index contributed by atoms with van der Waals surface area (Å²) in [5, 5.41) is 8.56. The molecule has 78 valence electrons. The Hall–Kier alpha value is -1.36. The van der Waals surface area contributed by atoms with Gasteiger partial charge in [0.2, 0.25) is 0 Å². The van der Waals surface area contributed by atoms with Crippen molar-refractivity contribution < 1.29 is 9.90 Å². The molecule has 0 saturated carbocycles. The summed E-state index contributed by atoms with van der Waals surface area (Å²) in [7, 11) is 0. The van der Waals surface area contributed by atoms with E-state index >= 15 is 0 Å². The van der Waals surface area contributed by atoms with E-state index in [4.69, 9.17) is 5.11 Å². The molecule has 0 unspecified atom stereocenters. The van der Waals surface area contributed by atoms with Gasteiger partial charge in [0.25, 0.3) is 0 Å². The van der Waals surface area contributed by atoms with Crippen LogP contribution in [-0.2, 0) is 11.2 Å². The van der Waals surface area contributed by atoms with Crippen LogP contribution < -0.4 is 0 Å². The van der Waals surface area contributed by atoms with E-state index in [0.717, 1.165) is 16.6 Å². The number of aromatic amines is 1. The Bertz CT molecular complexity index is 507. The zero-order valence-electron chi connectivity index (χ0n) is 7.83. The highest BCUT2D eigenvalue weighted by Crippen LogP contribution is 2.17. The molecule has 0 spiro atoms. The maximum absolute atomic E-state index is 10.4. The SMILES string of the molecule is O=C(O)CCc1ccc2nc(Br)[nH]c2c1. The van der Waals surface area contributed by atoms with Crippen molar-refractivity contribution in [2.45, 2.75) is 12.8 Å². The van der Waals surface area contributed by atoms with Crippen LogP contribution in [0.4, 0.5) is 0 Å². The maximum atomic E-state index is 10.4. The third-order valence-corrected chi connectivity index (χ3v) is 2.52. The number of carbonyl (C=O) groups is 1. The highest BCUT2D eigenvalue weighted by atomic mass is 79.9. The van der Waals surface area contributed by atoms with Gasteiger partial charge in [-0.15, -0.1) is 0 Å². The molecule has 0 aliphatic carbocycles. The normalized spacial score (nSPS) is 10.7. The van der Waals surface area contributed by atoms with Gasteiger partial charge in [-0.2, -0.15) is 0 Å². The number of aromatic nitrogens is 2. The first-order valence-corrected chi connectivity index (χ1v) is 5.30. The summed E-state index contributed by atoms with van der Waals surface area (Å²) in [6, 6.07) is 5.71. The first-order valence-electron chi connectivity index (χ1n) is 4.51. The Morgan fingerprint density at radius 3 is 3.07 bits per heavy atom. The highest BCUT2D eigenvalue weighted by Gasteiger charge is 2.03. The largest absolute Gasteiger partial charge is 0.481 e. The van der Waals surface area contributed by atoms with Crippen LogP contribution in [0.25, 0.3) is 11.0 Å². The minimum Gasteiger partial charge on any atom is -0.481 e. The number of hydrogen-bond donors (Lipinski definition) is 2. The average Bonchev–Trinajstić information content (AvgIpc) is 2.53. The van der Waals surface area contributed by atoms with Crippen molar-refractivity contribution in [2.24, 2.45) is 0 Å². The van der Waals surface area contributed by atoms with Crippen molar-refractivity contribution in [2.75, 3.05) is 0 Å². The molecule has 0 atom stereocenters. The van der Waals surface area contributed by atoms with Crippen molar-refractivity contribution in [1.29, 1.82) is 0 Å². The lowest BCUT2D eigenvalue weighted by atomic mass is 10.1. The van der Waals surface area contributed by atoms with Crippen LogP contribution in [0.3, 0.4) is 0 Å². The van der Waals surface area contributed by atoms with Gasteiger partial charge in [-0.05, 0) is 40.0 Å². The lowest BCUT2D eigenvalue weighted by Gasteiger charge is -1.97. The van der Waals surface area contributed by atoms with E-state index in [1.807, 2.05) is 18.2 Å². The Morgan fingerprint density at radius 1 is 1.53 bits per heavy atom. The van der Waals surface area contributed by atoms with E-state index in [1.165, 1.54) is 0 Å². The minimum absolute atomic E-state index is 0.154. The second-order valence-corrected chi connectivity index (χ2v) is 4.02. The molecule has 4 nitrogen and oxygen atoms in total. The summed E-state index contributed by atoms with van der Waals surface area (Å²) in [4.78, 5) is 17.7. The van der Waals surface area contributed by atoms with E-state index in [-0.39, 0.29) is 6.42 Å². The van der Waals surface area contributed by atoms with E-state index in [9.17, 15) is 4.79 Å². The van der Waals surface area contributed by atoms with E-state index in [1.54, 1.807) is 0 Å². The molecule has 0 amide bonds. The topological polar surface area (TPSA) is 66.0 Å². The summed E-state index contributed by atoms with van der Waals surface area (Å²) in [5.41, 5.74) is 2.80. The fourth-order valence-corrected chi connectivity index (χ4v) is 1.84. The molecular formula is C10H9BrN2O2. The van der Waals surface area contributed by atoms with Crippen molar-refractivity contribution in [3.8, 4) is 0 Å². The van der Waals surface area contributed by atoms with Gasteiger partial charge in [-0.25, -0.2) is 4.98 Å². The highest BCUT2D eigenvalue weighted by molar-refractivity contribution is 9.10. The van der Waals surface area contributed by atoms with E-state index < -0.39 is 5.97 Å². The van der Waals surface area contributed by atoms with Gasteiger partial charge < -0.3 is 10.1 Å². The summed E-state index contributed by atoms with van der Waals surface area (Å²) in [5.74, 6) is -0.777. The van der Waals surface area contributed by atoms with Gasteiger partial charge in [0.15, 0.2) is 4.73 Å². The fraction of sp³-hybridized carbons (Fsp3) is 0.200. The smallest absolute Gasteiger partial charge is 0.303 e. The second kappa shape index (κ2) is 4.02. The number of rotatable bonds is 3. The standard InChI is InChI=1S/C10H9BrN2O2/c11-10-12-7-3-1-6(2-4-9(14)15)5-8(7)13-10/h1,3,5H,2,4H2,(H,12,13)(H,14,15). The number of carboxylic acids is 1. The second-order valence-electron chi connectivity index (χ2n) is 3.27. The molecule has 2 rings (SSSR count). The summed E-state index contributed by atoms with van der Waals surface area (Å²) < 4.78 is 0.688. The van der Waals surface area contributed by atoms with Crippen LogP contribution in [0.5, 0.6) is 0 Å². The van der Waals surface area contributed by atoms with Gasteiger partial charge in [0, 0.05) is 6.42 Å². The lowest BCUT2D eigenvalue weighted by Crippen LogP contribution is -1.97. The quantitative estimate of drug-likeness (QED) is 0.898. The van der Waals surface area contributed by atoms with Crippen molar-refractivity contribution in [3.63, 3.8) is 0 Å². The first-order chi connectivity index (χ1) is 7.15. The summed E-state index contributed by atoms with van der Waals surface area (Å²) in [6.45, 7) is 0. The molecule has 1 aromatic carbocycles. The number of carboxylic acid groups (broad SMARTS) is 1. The van der Waals surface area contributed by atoms with Crippen molar-refractivity contribution in [3.05, 3.63) is 28.5 Å². The number of halogens is 1. The third-order valence-electron chi connectivity index (χ3n) is 2.14. The molecule has 5 heteroatoms. The van der Waals surface area contributed by atoms with Crippen molar-refractivity contribution >= 4 is 32.9 Å². The van der Waals surface area contributed by atoms with Gasteiger partial charge in [0.1, 0.15) is 0 Å². The van der Waals surface area contributed by atoms with Crippen LogP contribution in [0.1, 0.15) is 12.0 Å². The monoisotopic (exact) mass is 268 g/mol. The van der Waals surface area contributed by atoms with Crippen molar-refractivity contribution in [1.82, 2.24) is 9.97 Å². The molecule has 0 aliphatic rings. The number of nitrogens with one attached hydrogen (secondary N) is 1. The molecule has 0 radical (unpaired) electrons. The Kier molecular flexibility index (Phi) is 2.73. The van der Waals surface area contributed by atoms with Crippen LogP contribution in [0.15, 0.2) is 22.9 Å². The summed E-state index contributed by atoms with van der Waals surface area (Å²) >= 11 is 3.25. The van der Waals surface area contributed by atoms with Crippen LogP contribution in [0, 0.1) is 0 Å². The zero-order chi connectivity index (χ0) is 10.8. The van der Waals surface area contributed by atoms with Gasteiger partial charge in [-0.3, -0.25) is 4.79 Å². The number of benzene rings is 1. The van der Waals surface area contributed by atoms with Gasteiger partial charge >= 0.3 is 5.97 Å². The van der Waals surface area contributed by atoms with Crippen LogP contribution in [-0.4, -0.2) is 21.0 Å². The van der Waals surface area contributed by atoms with Crippen LogP contribution >= 0.6 is 15.9 Å². The van der Waals surface area contributed by atoms with Gasteiger partial charge in [0.05, 0.1) is 11.0 Å². The number of nitrogens with zero attached hydrogens (tertiary/aromatic N) is 1. The molecule has 15 heavy (non-hydrogen) atoms. The first kappa shape index (κ1) is 10.2. The van der Waals surface area contributed by atoms with E-state index in [0.29, 0.717) is 11.2 Å². The molecule has 0 fully saturated rings. The van der Waals surface area contributed by atoms with Crippen LogP contribution in [0.2, 0.25) is 0 Å².